The number of carbonyl (C=O) groups excluding carboxylic acids is 1. The summed E-state index contributed by atoms with van der Waals surface area (Å²) in [5.74, 6) is 0.290. The first-order chi connectivity index (χ1) is 18.2. The van der Waals surface area contributed by atoms with Crippen LogP contribution in [0.3, 0.4) is 0 Å². The molecule has 3 aromatic carbocycles. The molecule has 0 aliphatic carbocycles. The van der Waals surface area contributed by atoms with Gasteiger partial charge in [0.05, 0.1) is 28.4 Å². The van der Waals surface area contributed by atoms with E-state index in [1.807, 2.05) is 36.4 Å². The largest absolute Gasteiger partial charge is 0.488 e. The highest BCUT2D eigenvalue weighted by atomic mass is 79.9. The van der Waals surface area contributed by atoms with Crippen LogP contribution in [0.5, 0.6) is 5.75 Å². The van der Waals surface area contributed by atoms with Gasteiger partial charge in [0.1, 0.15) is 12.4 Å². The van der Waals surface area contributed by atoms with E-state index in [0.29, 0.717) is 23.2 Å². The lowest BCUT2D eigenvalue weighted by atomic mass is 10.2. The average Bonchev–Trinajstić information content (AvgIpc) is 3.30. The molecule has 1 amide bonds. The molecule has 0 atom stereocenters. The molecule has 6 nitrogen and oxygen atoms in total. The Balaban J connectivity index is 1.26. The fraction of sp³-hybridized carbons (Fsp3) is 0.115. The Hall–Kier alpha value is -3.22. The van der Waals surface area contributed by atoms with E-state index >= 15 is 0 Å². The maximum atomic E-state index is 12.9. The summed E-state index contributed by atoms with van der Waals surface area (Å²) >= 11 is 8.08. The molecule has 4 aromatic rings. The molecule has 196 valence electrons. The van der Waals surface area contributed by atoms with E-state index < -0.39 is 11.7 Å². The molecule has 0 aliphatic heterocycles. The smallest absolute Gasteiger partial charge is 0.416 e. The van der Waals surface area contributed by atoms with Gasteiger partial charge in [-0.1, -0.05) is 34.1 Å². The van der Waals surface area contributed by atoms with Gasteiger partial charge in [0.25, 0.3) is 0 Å². The van der Waals surface area contributed by atoms with Crippen molar-refractivity contribution in [1.29, 1.82) is 0 Å². The highest BCUT2D eigenvalue weighted by Gasteiger charge is 2.30. The third kappa shape index (κ3) is 8.14. The van der Waals surface area contributed by atoms with Gasteiger partial charge in [-0.25, -0.2) is 10.4 Å². The van der Waals surface area contributed by atoms with E-state index in [-0.39, 0.29) is 18.0 Å². The normalized spacial score (nSPS) is 11.5. The standard InChI is InChI=1S/C26H19Br2F3N4O2S/c27-19-7-4-16(5-8-19)14-37-23-9-6-17(10-22(23)28)13-32-35-24(36)12-21-15-38-25(34-21)33-20-3-1-2-18(11-20)26(29,30)31/h1-11,13,15H,12,14H2,(H,33,34)(H,35,36)/b32-13-. The van der Waals surface area contributed by atoms with Crippen LogP contribution in [0.4, 0.5) is 24.0 Å². The fourth-order valence-electron chi connectivity index (χ4n) is 3.18. The van der Waals surface area contributed by atoms with Crippen LogP contribution in [0.25, 0.3) is 0 Å². The van der Waals surface area contributed by atoms with Gasteiger partial charge in [0.15, 0.2) is 5.13 Å². The minimum atomic E-state index is -4.43. The van der Waals surface area contributed by atoms with Gasteiger partial charge in [0, 0.05) is 15.5 Å². The van der Waals surface area contributed by atoms with Crippen LogP contribution in [0.1, 0.15) is 22.4 Å². The second-order valence-electron chi connectivity index (χ2n) is 7.92. The number of amides is 1. The Morgan fingerprint density at radius 3 is 2.61 bits per heavy atom. The quantitative estimate of drug-likeness (QED) is 0.142. The minimum absolute atomic E-state index is 0.0371. The molecule has 4 rings (SSSR count). The number of ether oxygens (including phenoxy) is 1. The van der Waals surface area contributed by atoms with Crippen molar-refractivity contribution in [3.63, 3.8) is 0 Å². The number of anilines is 2. The second kappa shape index (κ2) is 12.5. The van der Waals surface area contributed by atoms with Crippen LogP contribution >= 0.6 is 43.2 Å². The van der Waals surface area contributed by atoms with Crippen molar-refractivity contribution in [2.45, 2.75) is 19.2 Å². The van der Waals surface area contributed by atoms with Crippen molar-refractivity contribution >= 4 is 66.1 Å². The zero-order valence-corrected chi connectivity index (χ0v) is 23.4. The summed E-state index contributed by atoms with van der Waals surface area (Å²) in [5.41, 5.74) is 4.19. The molecule has 38 heavy (non-hydrogen) atoms. The predicted molar refractivity (Wildman–Crippen MR) is 149 cm³/mol. The number of rotatable bonds is 9. The number of hydrazone groups is 1. The topological polar surface area (TPSA) is 75.6 Å². The molecule has 0 radical (unpaired) electrons. The molecular weight excluding hydrogens is 649 g/mol. The van der Waals surface area contributed by atoms with Gasteiger partial charge in [-0.3, -0.25) is 4.79 Å². The van der Waals surface area contributed by atoms with Crippen molar-refractivity contribution in [2.75, 3.05) is 5.32 Å². The lowest BCUT2D eigenvalue weighted by Crippen LogP contribution is -2.19. The summed E-state index contributed by atoms with van der Waals surface area (Å²) < 4.78 is 46.3. The molecule has 2 N–H and O–H groups in total. The Morgan fingerprint density at radius 2 is 1.87 bits per heavy atom. The van der Waals surface area contributed by atoms with Crippen LogP contribution in [0.15, 0.2) is 86.2 Å². The number of nitrogens with one attached hydrogen (secondary N) is 2. The number of halogens is 5. The lowest BCUT2D eigenvalue weighted by Gasteiger charge is -2.09. The van der Waals surface area contributed by atoms with Gasteiger partial charge < -0.3 is 10.1 Å². The Labute approximate surface area is 237 Å². The van der Waals surface area contributed by atoms with Crippen molar-refractivity contribution in [3.05, 3.63) is 103 Å². The Bertz CT molecular complexity index is 1440. The summed E-state index contributed by atoms with van der Waals surface area (Å²) in [7, 11) is 0. The van der Waals surface area contributed by atoms with Gasteiger partial charge in [-0.15, -0.1) is 11.3 Å². The molecule has 0 fully saturated rings. The fourth-order valence-corrected chi connectivity index (χ4v) is 4.69. The van der Waals surface area contributed by atoms with Crippen LogP contribution in [0, 0.1) is 0 Å². The molecule has 0 bridgehead atoms. The predicted octanol–water partition coefficient (Wildman–Crippen LogP) is 7.70. The number of benzene rings is 3. The van der Waals surface area contributed by atoms with Crippen molar-refractivity contribution in [3.8, 4) is 5.75 Å². The van der Waals surface area contributed by atoms with Crippen LogP contribution in [0.2, 0.25) is 0 Å². The third-order valence-corrected chi connectivity index (χ3v) is 6.96. The van der Waals surface area contributed by atoms with Crippen LogP contribution < -0.4 is 15.5 Å². The maximum Gasteiger partial charge on any atom is 0.416 e. The molecule has 0 spiro atoms. The van der Waals surface area contributed by atoms with E-state index in [0.717, 1.165) is 32.2 Å². The number of nitrogens with zero attached hydrogens (tertiary/aromatic N) is 2. The van der Waals surface area contributed by atoms with Gasteiger partial charge >= 0.3 is 6.18 Å². The van der Waals surface area contributed by atoms with Gasteiger partial charge in [0.2, 0.25) is 5.91 Å². The summed E-state index contributed by atoms with van der Waals surface area (Å²) in [6, 6.07) is 18.1. The molecule has 0 aliphatic rings. The van der Waals surface area contributed by atoms with E-state index in [1.165, 1.54) is 29.7 Å². The molecule has 12 heteroatoms. The SMILES string of the molecule is O=C(Cc1csc(Nc2cccc(C(F)(F)F)c2)n1)N/N=C\c1ccc(OCc2ccc(Br)cc2)c(Br)c1. The van der Waals surface area contributed by atoms with E-state index in [4.69, 9.17) is 4.74 Å². The summed E-state index contributed by atoms with van der Waals surface area (Å²) in [4.78, 5) is 16.5. The summed E-state index contributed by atoms with van der Waals surface area (Å²) in [6.07, 6.45) is -2.97. The second-order valence-corrected chi connectivity index (χ2v) is 10.6. The van der Waals surface area contributed by atoms with Crippen LogP contribution in [-0.4, -0.2) is 17.1 Å². The number of thiazole rings is 1. The van der Waals surface area contributed by atoms with E-state index in [2.05, 4.69) is 52.7 Å². The third-order valence-electron chi connectivity index (χ3n) is 5.00. The highest BCUT2D eigenvalue weighted by molar-refractivity contribution is 9.10. The first-order valence-corrected chi connectivity index (χ1v) is 13.5. The zero-order valence-electron chi connectivity index (χ0n) is 19.4. The molecule has 0 saturated heterocycles. The molecular formula is C26H19Br2F3N4O2S. The first-order valence-electron chi connectivity index (χ1n) is 11.0. The Morgan fingerprint density at radius 1 is 1.08 bits per heavy atom. The Kier molecular flexibility index (Phi) is 9.18. The van der Waals surface area contributed by atoms with Crippen molar-refractivity contribution < 1.29 is 22.7 Å². The van der Waals surface area contributed by atoms with E-state index in [1.54, 1.807) is 11.4 Å². The number of alkyl halides is 3. The highest BCUT2D eigenvalue weighted by Crippen LogP contribution is 2.32. The van der Waals surface area contributed by atoms with Crippen molar-refractivity contribution in [2.24, 2.45) is 5.10 Å². The number of hydrogen-bond donors (Lipinski definition) is 2. The number of hydrogen-bond acceptors (Lipinski definition) is 6. The number of carbonyl (C=O) groups is 1. The van der Waals surface area contributed by atoms with Crippen LogP contribution in [-0.2, 0) is 24.0 Å². The minimum Gasteiger partial charge on any atom is -0.488 e. The average molecular weight is 668 g/mol. The maximum absolute atomic E-state index is 12.9. The van der Waals surface area contributed by atoms with E-state index in [9.17, 15) is 18.0 Å². The molecule has 1 aromatic heterocycles. The van der Waals surface area contributed by atoms with Gasteiger partial charge in [-0.05, 0) is 75.6 Å². The van der Waals surface area contributed by atoms with Gasteiger partial charge in [-0.2, -0.15) is 18.3 Å². The monoisotopic (exact) mass is 666 g/mol. The first kappa shape index (κ1) is 27.8. The molecule has 1 heterocycles. The zero-order chi connectivity index (χ0) is 27.1. The van der Waals surface area contributed by atoms with Crippen molar-refractivity contribution in [1.82, 2.24) is 10.4 Å². The number of aromatic nitrogens is 1. The lowest BCUT2D eigenvalue weighted by molar-refractivity contribution is -0.137. The summed E-state index contributed by atoms with van der Waals surface area (Å²) in [6.45, 7) is 0.420. The molecule has 0 unspecified atom stereocenters. The molecule has 0 saturated carbocycles. The summed E-state index contributed by atoms with van der Waals surface area (Å²) in [5, 5.41) is 8.85.